The van der Waals surface area contributed by atoms with E-state index in [0.29, 0.717) is 22.3 Å². The molecule has 1 atom stereocenters. The van der Waals surface area contributed by atoms with Gasteiger partial charge in [0, 0.05) is 17.8 Å². The number of aliphatic imine (C=N–C) groups is 1. The van der Waals surface area contributed by atoms with E-state index in [1.54, 1.807) is 12.1 Å². The highest BCUT2D eigenvalue weighted by Gasteiger charge is 2.12. The minimum Gasteiger partial charge on any atom is -0.492 e. The van der Waals surface area contributed by atoms with E-state index in [1.165, 1.54) is 0 Å². The van der Waals surface area contributed by atoms with Crippen molar-refractivity contribution in [1.82, 2.24) is 4.90 Å². The van der Waals surface area contributed by atoms with E-state index < -0.39 is 6.29 Å². The van der Waals surface area contributed by atoms with E-state index in [4.69, 9.17) is 45.1 Å². The van der Waals surface area contributed by atoms with Gasteiger partial charge in [-0.25, -0.2) is 4.99 Å². The number of likely N-dealkylation sites (N-methyl/N-ethyl adjacent to an activating group) is 1. The summed E-state index contributed by atoms with van der Waals surface area (Å²) in [6.07, 6.45) is -0.799. The molecule has 0 heterocycles. The van der Waals surface area contributed by atoms with Crippen molar-refractivity contribution in [2.45, 2.75) is 6.29 Å². The average molecular weight is 411 g/mol. The highest BCUT2D eigenvalue weighted by atomic mass is 35.5. The molecule has 0 bridgehead atoms. The van der Waals surface area contributed by atoms with Gasteiger partial charge in [0.1, 0.15) is 12.4 Å². The third kappa shape index (κ3) is 6.48. The Morgan fingerprint density at radius 2 is 1.74 bits per heavy atom. The molecule has 0 aliphatic carbocycles. The molecular weight excluding hydrogens is 387 g/mol. The van der Waals surface area contributed by atoms with Gasteiger partial charge in [-0.3, -0.25) is 5.73 Å². The zero-order chi connectivity index (χ0) is 20.0. The summed E-state index contributed by atoms with van der Waals surface area (Å²) >= 11 is 12.9. The second-order valence-corrected chi connectivity index (χ2v) is 6.95. The second kappa shape index (κ2) is 9.66. The Labute approximate surface area is 169 Å². The number of ether oxygens (including phenoxy) is 1. The molecule has 0 aliphatic rings. The molecule has 0 amide bonds. The van der Waals surface area contributed by atoms with Gasteiger partial charge in [0.25, 0.3) is 0 Å². The number of halogens is 2. The maximum absolute atomic E-state index is 6.43. The van der Waals surface area contributed by atoms with E-state index in [0.717, 1.165) is 23.4 Å². The predicted molar refractivity (Wildman–Crippen MR) is 113 cm³/mol. The van der Waals surface area contributed by atoms with Crippen molar-refractivity contribution in [2.75, 3.05) is 32.6 Å². The van der Waals surface area contributed by atoms with Crippen molar-refractivity contribution >= 4 is 34.8 Å². The summed E-state index contributed by atoms with van der Waals surface area (Å²) in [5.41, 5.74) is 18.6. The normalized spacial score (nSPS) is 11.9. The summed E-state index contributed by atoms with van der Waals surface area (Å²) in [5, 5.41) is 3.86. The quantitative estimate of drug-likeness (QED) is 0.302. The lowest BCUT2D eigenvalue weighted by Crippen LogP contribution is -2.33. The highest BCUT2D eigenvalue weighted by molar-refractivity contribution is 6.39. The maximum atomic E-state index is 6.43. The van der Waals surface area contributed by atoms with Gasteiger partial charge in [0.2, 0.25) is 0 Å². The molecule has 0 saturated carbocycles. The highest BCUT2D eigenvalue weighted by Crippen LogP contribution is 2.38. The van der Waals surface area contributed by atoms with Crippen LogP contribution in [0.25, 0.3) is 11.1 Å². The summed E-state index contributed by atoms with van der Waals surface area (Å²) in [6, 6.07) is 11.0. The fourth-order valence-corrected chi connectivity index (χ4v) is 3.07. The van der Waals surface area contributed by atoms with Crippen LogP contribution in [0.2, 0.25) is 10.0 Å². The molecule has 2 aromatic carbocycles. The van der Waals surface area contributed by atoms with Crippen molar-refractivity contribution in [3.63, 3.8) is 0 Å². The first-order chi connectivity index (χ1) is 12.8. The van der Waals surface area contributed by atoms with Crippen LogP contribution in [0.15, 0.2) is 41.4 Å². The molecule has 9 heteroatoms. The first-order valence-electron chi connectivity index (χ1n) is 8.24. The molecule has 0 aromatic heterocycles. The van der Waals surface area contributed by atoms with E-state index in [2.05, 4.69) is 15.2 Å². The maximum Gasteiger partial charge on any atom is 0.189 e. The predicted octanol–water partition coefficient (Wildman–Crippen LogP) is 2.53. The van der Waals surface area contributed by atoms with Crippen molar-refractivity contribution in [2.24, 2.45) is 22.2 Å². The number of hydrogen-bond acceptors (Lipinski definition) is 5. The zero-order valence-corrected chi connectivity index (χ0v) is 16.8. The summed E-state index contributed by atoms with van der Waals surface area (Å²) in [6.45, 7) is 1.46. The summed E-state index contributed by atoms with van der Waals surface area (Å²) in [4.78, 5) is 5.85. The van der Waals surface area contributed by atoms with Crippen LogP contribution in [0.5, 0.6) is 5.75 Å². The first kappa shape index (κ1) is 21.1. The van der Waals surface area contributed by atoms with Gasteiger partial charge >= 0.3 is 0 Å². The molecule has 0 spiro atoms. The molecule has 27 heavy (non-hydrogen) atoms. The van der Waals surface area contributed by atoms with Crippen molar-refractivity contribution < 1.29 is 4.74 Å². The zero-order valence-electron chi connectivity index (χ0n) is 15.2. The Morgan fingerprint density at radius 3 is 2.26 bits per heavy atom. The third-order valence-corrected chi connectivity index (χ3v) is 4.19. The Morgan fingerprint density at radius 1 is 1.15 bits per heavy atom. The van der Waals surface area contributed by atoms with Crippen LogP contribution in [-0.2, 0) is 0 Å². The van der Waals surface area contributed by atoms with Gasteiger partial charge in [0.15, 0.2) is 12.2 Å². The van der Waals surface area contributed by atoms with Crippen molar-refractivity contribution in [3.05, 3.63) is 46.4 Å². The molecular formula is C18H24Cl2N6O. The number of nitrogens with one attached hydrogen (secondary N) is 1. The third-order valence-electron chi connectivity index (χ3n) is 3.60. The van der Waals surface area contributed by atoms with Crippen LogP contribution < -0.4 is 27.3 Å². The molecule has 0 aliphatic heterocycles. The molecule has 2 aromatic rings. The Balaban J connectivity index is 2.15. The number of nitrogens with zero attached hydrogens (tertiary/aromatic N) is 2. The number of hydrogen-bond donors (Lipinski definition) is 4. The molecule has 146 valence electrons. The van der Waals surface area contributed by atoms with Crippen molar-refractivity contribution in [3.8, 4) is 16.9 Å². The van der Waals surface area contributed by atoms with Crippen LogP contribution in [0.3, 0.4) is 0 Å². The molecule has 2 rings (SSSR count). The number of benzene rings is 2. The molecule has 0 fully saturated rings. The lowest BCUT2D eigenvalue weighted by Gasteiger charge is -2.15. The molecule has 1 unspecified atom stereocenters. The fourth-order valence-electron chi connectivity index (χ4n) is 2.36. The summed E-state index contributed by atoms with van der Waals surface area (Å²) in [5.74, 6) is 0.672. The van der Waals surface area contributed by atoms with E-state index >= 15 is 0 Å². The summed E-state index contributed by atoms with van der Waals surface area (Å²) < 4.78 is 5.70. The van der Waals surface area contributed by atoms with Gasteiger partial charge in [-0.05, 0) is 43.9 Å². The molecule has 7 nitrogen and oxygen atoms in total. The molecule has 0 radical (unpaired) electrons. The van der Waals surface area contributed by atoms with Crippen LogP contribution in [-0.4, -0.2) is 44.4 Å². The Bertz CT molecular complexity index is 768. The smallest absolute Gasteiger partial charge is 0.189 e. The van der Waals surface area contributed by atoms with Gasteiger partial charge in [-0.2, -0.15) is 0 Å². The Kier molecular flexibility index (Phi) is 7.55. The topological polar surface area (TPSA) is 115 Å². The van der Waals surface area contributed by atoms with E-state index in [9.17, 15) is 0 Å². The largest absolute Gasteiger partial charge is 0.492 e. The number of nitrogens with two attached hydrogens (primary N) is 3. The monoisotopic (exact) mass is 410 g/mol. The minimum atomic E-state index is -0.799. The first-order valence-corrected chi connectivity index (χ1v) is 8.99. The SMILES string of the molecule is CN(C)CCOc1ccc(-c2c(Cl)cc(NC(N)N=C(N)N)cc2Cl)cc1. The van der Waals surface area contributed by atoms with Crippen LogP contribution in [0.4, 0.5) is 5.69 Å². The van der Waals surface area contributed by atoms with E-state index in [1.807, 2.05) is 38.4 Å². The van der Waals surface area contributed by atoms with E-state index in [-0.39, 0.29) is 5.96 Å². The standard InChI is InChI=1S/C18H24Cl2N6O/c1-26(2)7-8-27-13-5-3-11(4-6-13)16-14(19)9-12(10-15(16)20)24-18(23)25-17(21)22/h3-6,9-10,18,24H,7-8,23H2,1-2H3,(H4,21,22,25). The molecule has 7 N–H and O–H groups in total. The van der Waals surface area contributed by atoms with Crippen LogP contribution in [0.1, 0.15) is 0 Å². The lowest BCUT2D eigenvalue weighted by atomic mass is 10.0. The number of guanidine groups is 1. The minimum absolute atomic E-state index is 0.114. The van der Waals surface area contributed by atoms with Gasteiger partial charge in [-0.1, -0.05) is 35.3 Å². The van der Waals surface area contributed by atoms with Crippen LogP contribution >= 0.6 is 23.2 Å². The molecule has 0 saturated heterocycles. The number of rotatable bonds is 8. The summed E-state index contributed by atoms with van der Waals surface area (Å²) in [7, 11) is 4.00. The Hall–Kier alpha value is -2.19. The van der Waals surface area contributed by atoms with Gasteiger partial charge in [-0.15, -0.1) is 0 Å². The lowest BCUT2D eigenvalue weighted by molar-refractivity contribution is 0.261. The average Bonchev–Trinajstić information content (AvgIpc) is 2.54. The van der Waals surface area contributed by atoms with Crippen molar-refractivity contribution in [1.29, 1.82) is 0 Å². The van der Waals surface area contributed by atoms with Gasteiger partial charge < -0.3 is 26.4 Å². The van der Waals surface area contributed by atoms with Gasteiger partial charge in [0.05, 0.1) is 10.0 Å². The van der Waals surface area contributed by atoms with Crippen LogP contribution in [0, 0.1) is 0 Å². The number of anilines is 1. The second-order valence-electron chi connectivity index (χ2n) is 6.13. The fraction of sp³-hybridized carbons (Fsp3) is 0.278.